The van der Waals surface area contributed by atoms with Crippen LogP contribution in [0.1, 0.15) is 68.7 Å². The molecule has 0 bridgehead atoms. The first-order valence-corrected chi connectivity index (χ1v) is 12.1. The van der Waals surface area contributed by atoms with Gasteiger partial charge in [-0.3, -0.25) is 4.79 Å². The topological polar surface area (TPSA) is 69.6 Å². The van der Waals surface area contributed by atoms with Crippen LogP contribution in [0.15, 0.2) is 60.7 Å². The van der Waals surface area contributed by atoms with Gasteiger partial charge in [0, 0.05) is 18.5 Å². The number of amides is 1. The number of halogens is 1. The molecule has 3 aromatic carbocycles. The molecule has 1 amide bonds. The number of para-hydroxylation sites is 1. The van der Waals surface area contributed by atoms with Gasteiger partial charge in [0.2, 0.25) is 0 Å². The highest BCUT2D eigenvalue weighted by Crippen LogP contribution is 2.57. The predicted molar refractivity (Wildman–Crippen MR) is 131 cm³/mol. The van der Waals surface area contributed by atoms with Gasteiger partial charge >= 0.3 is 5.97 Å². The van der Waals surface area contributed by atoms with Gasteiger partial charge in [-0.25, -0.2) is 9.18 Å². The summed E-state index contributed by atoms with van der Waals surface area (Å²) in [4.78, 5) is 27.1. The lowest BCUT2D eigenvalue weighted by Crippen LogP contribution is -2.36. The molecule has 2 aliphatic carbocycles. The first-order chi connectivity index (χ1) is 16.8. The van der Waals surface area contributed by atoms with Crippen molar-refractivity contribution in [3.05, 3.63) is 99.9 Å². The van der Waals surface area contributed by atoms with Crippen molar-refractivity contribution in [2.24, 2.45) is 0 Å². The summed E-state index contributed by atoms with van der Waals surface area (Å²) in [6, 6.07) is 18.1. The predicted octanol–water partition coefficient (Wildman–Crippen LogP) is 5.30. The van der Waals surface area contributed by atoms with Gasteiger partial charge in [0.1, 0.15) is 5.82 Å². The minimum Gasteiger partial charge on any atom is -0.478 e. The van der Waals surface area contributed by atoms with Crippen LogP contribution in [-0.2, 0) is 17.5 Å². The molecule has 0 radical (unpaired) electrons. The number of nitrogens with zero attached hydrogens (tertiary/aromatic N) is 1. The van der Waals surface area contributed by atoms with Crippen molar-refractivity contribution in [3.63, 3.8) is 0 Å². The molecule has 0 saturated heterocycles. The van der Waals surface area contributed by atoms with E-state index in [1.165, 1.54) is 5.56 Å². The standard InChI is InChI=1S/C29H27FN2O3/c1-18-5-6-19(15-24(18)30)16-32-17-28(11-12-28)23-4-2-3-22(25(23)32)26(33)31-29(13-14-29)21-9-7-20(8-10-21)27(34)35/h2-10,15H,11-14,16-17H2,1H3,(H,31,33)(H,34,35). The van der Waals surface area contributed by atoms with Gasteiger partial charge < -0.3 is 15.3 Å². The zero-order chi connectivity index (χ0) is 24.4. The third-order valence-corrected chi connectivity index (χ3v) is 7.91. The van der Waals surface area contributed by atoms with Crippen molar-refractivity contribution in [2.45, 2.75) is 50.1 Å². The highest BCUT2D eigenvalue weighted by atomic mass is 19.1. The van der Waals surface area contributed by atoms with Gasteiger partial charge in [0.05, 0.1) is 22.4 Å². The number of carboxylic acid groups (broad SMARTS) is 1. The van der Waals surface area contributed by atoms with Crippen molar-refractivity contribution in [1.82, 2.24) is 5.32 Å². The normalized spacial score (nSPS) is 18.3. The van der Waals surface area contributed by atoms with E-state index in [1.54, 1.807) is 43.3 Å². The molecule has 6 rings (SSSR count). The third kappa shape index (κ3) is 3.68. The van der Waals surface area contributed by atoms with Crippen LogP contribution in [0.25, 0.3) is 0 Å². The van der Waals surface area contributed by atoms with Crippen LogP contribution < -0.4 is 10.2 Å². The second kappa shape index (κ2) is 7.67. The van der Waals surface area contributed by atoms with Crippen LogP contribution >= 0.6 is 0 Å². The Bertz CT molecular complexity index is 1360. The van der Waals surface area contributed by atoms with E-state index in [0.29, 0.717) is 17.7 Å². The Kier molecular flexibility index (Phi) is 4.78. The molecule has 2 N–H and O–H groups in total. The molecule has 3 aromatic rings. The van der Waals surface area contributed by atoms with Gasteiger partial charge in [0.15, 0.2) is 0 Å². The molecule has 178 valence electrons. The summed E-state index contributed by atoms with van der Waals surface area (Å²) < 4.78 is 14.2. The van der Waals surface area contributed by atoms with E-state index in [1.807, 2.05) is 18.2 Å². The number of aromatic carboxylic acids is 1. The molecule has 1 heterocycles. The average molecular weight is 471 g/mol. The number of anilines is 1. The summed E-state index contributed by atoms with van der Waals surface area (Å²) in [6.45, 7) is 3.15. The zero-order valence-electron chi connectivity index (χ0n) is 19.6. The molecule has 2 fully saturated rings. The Labute approximate surface area is 203 Å². The minimum absolute atomic E-state index is 0.0960. The van der Waals surface area contributed by atoms with Crippen LogP contribution in [0, 0.1) is 12.7 Å². The van der Waals surface area contributed by atoms with Crippen LogP contribution in [0.2, 0.25) is 0 Å². The molecular formula is C29H27FN2O3. The number of hydrogen-bond acceptors (Lipinski definition) is 3. The first-order valence-electron chi connectivity index (χ1n) is 12.1. The number of rotatable bonds is 6. The monoisotopic (exact) mass is 470 g/mol. The van der Waals surface area contributed by atoms with E-state index in [9.17, 15) is 19.1 Å². The van der Waals surface area contributed by atoms with Crippen molar-refractivity contribution >= 4 is 17.6 Å². The van der Waals surface area contributed by atoms with E-state index in [2.05, 4.69) is 16.3 Å². The van der Waals surface area contributed by atoms with Crippen LogP contribution in [-0.4, -0.2) is 23.5 Å². The largest absolute Gasteiger partial charge is 0.478 e. The fourth-order valence-electron chi connectivity index (χ4n) is 5.52. The Balaban J connectivity index is 1.30. The number of carboxylic acids is 1. The van der Waals surface area contributed by atoms with Crippen LogP contribution in [0.3, 0.4) is 0 Å². The van der Waals surface area contributed by atoms with Gasteiger partial charge in [-0.1, -0.05) is 36.4 Å². The Hall–Kier alpha value is -3.67. The summed E-state index contributed by atoms with van der Waals surface area (Å²) >= 11 is 0. The molecule has 35 heavy (non-hydrogen) atoms. The van der Waals surface area contributed by atoms with Crippen molar-refractivity contribution < 1.29 is 19.1 Å². The molecule has 1 aliphatic heterocycles. The maximum atomic E-state index is 14.2. The van der Waals surface area contributed by atoms with E-state index in [-0.39, 0.29) is 22.7 Å². The number of carbonyl (C=O) groups excluding carboxylic acids is 1. The Morgan fingerprint density at radius 2 is 1.77 bits per heavy atom. The van der Waals surface area contributed by atoms with E-state index < -0.39 is 11.5 Å². The first kappa shape index (κ1) is 21.8. The molecule has 2 saturated carbocycles. The minimum atomic E-state index is -0.965. The molecule has 0 atom stereocenters. The Morgan fingerprint density at radius 3 is 2.40 bits per heavy atom. The number of carbonyl (C=O) groups is 2. The van der Waals surface area contributed by atoms with Gasteiger partial charge in [-0.15, -0.1) is 0 Å². The molecule has 0 aromatic heterocycles. The van der Waals surface area contributed by atoms with Crippen LogP contribution in [0.4, 0.5) is 10.1 Å². The Morgan fingerprint density at radius 1 is 1.03 bits per heavy atom. The summed E-state index contributed by atoms with van der Waals surface area (Å²) in [5.74, 6) is -1.30. The molecule has 0 unspecified atom stereocenters. The molecular weight excluding hydrogens is 443 g/mol. The van der Waals surface area contributed by atoms with Crippen LogP contribution in [0.5, 0.6) is 0 Å². The zero-order valence-corrected chi connectivity index (χ0v) is 19.6. The molecule has 1 spiro atoms. The lowest BCUT2D eigenvalue weighted by atomic mass is 9.96. The van der Waals surface area contributed by atoms with Crippen molar-refractivity contribution in [1.29, 1.82) is 0 Å². The molecule has 5 nitrogen and oxygen atoms in total. The maximum absolute atomic E-state index is 14.2. The fraction of sp³-hybridized carbons (Fsp3) is 0.310. The lowest BCUT2D eigenvalue weighted by Gasteiger charge is -2.24. The van der Waals surface area contributed by atoms with Gasteiger partial charge in [-0.05, 0) is 79.1 Å². The lowest BCUT2D eigenvalue weighted by molar-refractivity contribution is 0.0696. The average Bonchev–Trinajstić information content (AvgIpc) is 3.77. The highest BCUT2D eigenvalue weighted by Gasteiger charge is 2.53. The van der Waals surface area contributed by atoms with E-state index >= 15 is 0 Å². The van der Waals surface area contributed by atoms with Crippen molar-refractivity contribution in [3.8, 4) is 0 Å². The highest BCUT2D eigenvalue weighted by molar-refractivity contribution is 6.02. The number of benzene rings is 3. The second-order valence-corrected chi connectivity index (χ2v) is 10.3. The quantitative estimate of drug-likeness (QED) is 0.513. The van der Waals surface area contributed by atoms with Gasteiger partial charge in [0.25, 0.3) is 5.91 Å². The van der Waals surface area contributed by atoms with Gasteiger partial charge in [-0.2, -0.15) is 0 Å². The number of fused-ring (bicyclic) bond motifs is 2. The van der Waals surface area contributed by atoms with Crippen molar-refractivity contribution in [2.75, 3.05) is 11.4 Å². The molecule has 3 aliphatic rings. The van der Waals surface area contributed by atoms with E-state index in [4.69, 9.17) is 0 Å². The van der Waals surface area contributed by atoms with E-state index in [0.717, 1.165) is 49.0 Å². The SMILES string of the molecule is Cc1ccc(CN2CC3(CC3)c3cccc(C(=O)NC4(c5ccc(C(=O)O)cc5)CC4)c32)cc1F. The fourth-order valence-corrected chi connectivity index (χ4v) is 5.52. The number of aryl methyl sites for hydroxylation is 1. The second-order valence-electron chi connectivity index (χ2n) is 10.3. The number of nitrogens with one attached hydrogen (secondary N) is 1. The summed E-state index contributed by atoms with van der Waals surface area (Å²) in [7, 11) is 0. The smallest absolute Gasteiger partial charge is 0.335 e. The number of hydrogen-bond donors (Lipinski definition) is 2. The summed E-state index contributed by atoms with van der Waals surface area (Å²) in [5, 5.41) is 12.4. The summed E-state index contributed by atoms with van der Waals surface area (Å²) in [5.41, 5.74) is 5.13. The maximum Gasteiger partial charge on any atom is 0.335 e. The third-order valence-electron chi connectivity index (χ3n) is 7.91. The molecule has 6 heteroatoms. The summed E-state index contributed by atoms with van der Waals surface area (Å²) in [6.07, 6.45) is 3.83.